The summed E-state index contributed by atoms with van der Waals surface area (Å²) in [6.45, 7) is 4.26. The SMILES string of the molecule is CCCCCCc1ccc2c(c1)CCN1C(=O)C3CCCNC3CC21. The number of piperidine rings is 2. The fourth-order valence-electron chi connectivity index (χ4n) is 5.14. The van der Waals surface area contributed by atoms with Crippen LogP contribution in [0.25, 0.3) is 0 Å². The van der Waals surface area contributed by atoms with Crippen molar-refractivity contribution in [1.82, 2.24) is 10.2 Å². The van der Waals surface area contributed by atoms with Crippen molar-refractivity contribution in [3.8, 4) is 0 Å². The Balaban J connectivity index is 1.50. The van der Waals surface area contributed by atoms with E-state index in [1.54, 1.807) is 0 Å². The Morgan fingerprint density at radius 2 is 2.16 bits per heavy atom. The summed E-state index contributed by atoms with van der Waals surface area (Å²) >= 11 is 0. The molecule has 0 aromatic heterocycles. The topological polar surface area (TPSA) is 32.3 Å². The summed E-state index contributed by atoms with van der Waals surface area (Å²) in [5, 5.41) is 3.62. The molecular weight excluding hydrogens is 308 g/mol. The first kappa shape index (κ1) is 17.1. The first-order chi connectivity index (χ1) is 12.3. The zero-order valence-corrected chi connectivity index (χ0v) is 15.6. The van der Waals surface area contributed by atoms with Crippen molar-refractivity contribution < 1.29 is 4.79 Å². The monoisotopic (exact) mass is 340 g/mol. The van der Waals surface area contributed by atoms with Crippen LogP contribution in [0, 0.1) is 5.92 Å². The van der Waals surface area contributed by atoms with E-state index in [2.05, 4.69) is 35.3 Å². The van der Waals surface area contributed by atoms with Crippen LogP contribution in [0.1, 0.15) is 74.6 Å². The van der Waals surface area contributed by atoms with Gasteiger partial charge in [0, 0.05) is 12.6 Å². The quantitative estimate of drug-likeness (QED) is 0.822. The molecule has 1 aromatic rings. The minimum Gasteiger partial charge on any atom is -0.335 e. The van der Waals surface area contributed by atoms with Gasteiger partial charge in [-0.05, 0) is 61.8 Å². The van der Waals surface area contributed by atoms with E-state index in [-0.39, 0.29) is 5.92 Å². The molecule has 0 saturated carbocycles. The molecule has 136 valence electrons. The smallest absolute Gasteiger partial charge is 0.227 e. The first-order valence-electron chi connectivity index (χ1n) is 10.4. The van der Waals surface area contributed by atoms with Gasteiger partial charge >= 0.3 is 0 Å². The van der Waals surface area contributed by atoms with Crippen LogP contribution >= 0.6 is 0 Å². The predicted molar refractivity (Wildman–Crippen MR) is 102 cm³/mol. The molecule has 1 aromatic carbocycles. The fraction of sp³-hybridized carbons (Fsp3) is 0.682. The lowest BCUT2D eigenvalue weighted by Gasteiger charge is -2.48. The second kappa shape index (κ2) is 7.49. The maximum Gasteiger partial charge on any atom is 0.227 e. The van der Waals surface area contributed by atoms with Crippen LogP contribution in [0.2, 0.25) is 0 Å². The van der Waals surface area contributed by atoms with E-state index >= 15 is 0 Å². The number of hydrogen-bond donors (Lipinski definition) is 1. The molecule has 4 rings (SSSR count). The van der Waals surface area contributed by atoms with Gasteiger partial charge in [-0.25, -0.2) is 0 Å². The van der Waals surface area contributed by atoms with Crippen LogP contribution in [0.15, 0.2) is 18.2 Å². The highest BCUT2D eigenvalue weighted by Gasteiger charge is 2.44. The molecule has 2 fully saturated rings. The van der Waals surface area contributed by atoms with Crippen LogP contribution in [0.4, 0.5) is 0 Å². The van der Waals surface area contributed by atoms with Crippen molar-refractivity contribution in [2.45, 2.75) is 76.8 Å². The number of rotatable bonds is 5. The molecule has 3 heteroatoms. The number of fused-ring (bicyclic) bond motifs is 4. The van der Waals surface area contributed by atoms with Gasteiger partial charge in [-0.3, -0.25) is 4.79 Å². The Morgan fingerprint density at radius 1 is 1.24 bits per heavy atom. The summed E-state index contributed by atoms with van der Waals surface area (Å²) in [7, 11) is 0. The van der Waals surface area contributed by atoms with Gasteiger partial charge in [0.15, 0.2) is 0 Å². The lowest BCUT2D eigenvalue weighted by molar-refractivity contribution is -0.145. The Labute approximate surface area is 152 Å². The average molecular weight is 341 g/mol. The molecule has 25 heavy (non-hydrogen) atoms. The third-order valence-corrected chi connectivity index (χ3v) is 6.55. The molecule has 1 amide bonds. The van der Waals surface area contributed by atoms with E-state index in [1.165, 1.54) is 48.8 Å². The highest BCUT2D eigenvalue weighted by atomic mass is 16.2. The summed E-state index contributed by atoms with van der Waals surface area (Å²) in [4.78, 5) is 15.2. The van der Waals surface area contributed by atoms with Crippen LogP contribution in [0.5, 0.6) is 0 Å². The molecule has 3 unspecified atom stereocenters. The van der Waals surface area contributed by atoms with E-state index in [0.29, 0.717) is 18.0 Å². The molecule has 0 aliphatic carbocycles. The van der Waals surface area contributed by atoms with Gasteiger partial charge in [0.1, 0.15) is 0 Å². The predicted octanol–water partition coefficient (Wildman–Crippen LogP) is 4.01. The zero-order valence-electron chi connectivity index (χ0n) is 15.6. The largest absolute Gasteiger partial charge is 0.335 e. The summed E-state index contributed by atoms with van der Waals surface area (Å²) in [6, 6.07) is 7.78. The number of carbonyl (C=O) groups excluding carboxylic acids is 1. The highest BCUT2D eigenvalue weighted by molar-refractivity contribution is 5.81. The molecule has 0 spiro atoms. The van der Waals surface area contributed by atoms with Gasteiger partial charge in [-0.15, -0.1) is 0 Å². The minimum absolute atomic E-state index is 0.226. The second-order valence-corrected chi connectivity index (χ2v) is 8.19. The first-order valence-corrected chi connectivity index (χ1v) is 10.4. The third-order valence-electron chi connectivity index (χ3n) is 6.55. The van der Waals surface area contributed by atoms with Gasteiger partial charge in [-0.2, -0.15) is 0 Å². The molecule has 3 aliphatic rings. The molecule has 0 radical (unpaired) electrons. The van der Waals surface area contributed by atoms with Crippen LogP contribution < -0.4 is 5.32 Å². The van der Waals surface area contributed by atoms with Crippen molar-refractivity contribution in [3.05, 3.63) is 34.9 Å². The Morgan fingerprint density at radius 3 is 3.04 bits per heavy atom. The molecule has 3 nitrogen and oxygen atoms in total. The molecule has 3 atom stereocenters. The molecular formula is C22H32N2O. The summed E-state index contributed by atoms with van der Waals surface area (Å²) in [6.07, 6.45) is 10.8. The standard InChI is InChI=1S/C22H32N2O/c1-2-3-4-5-7-16-9-10-18-17(14-16)11-13-24-21(18)15-20-19(22(24)25)8-6-12-23-20/h9-10,14,19-21,23H,2-8,11-13,15H2,1H3. The number of nitrogens with zero attached hydrogens (tertiary/aromatic N) is 1. The number of unbranched alkanes of at least 4 members (excludes halogenated alkanes) is 3. The molecule has 0 bridgehead atoms. The number of hydrogen-bond acceptors (Lipinski definition) is 2. The minimum atomic E-state index is 0.226. The van der Waals surface area contributed by atoms with Crippen LogP contribution in [-0.2, 0) is 17.6 Å². The fourth-order valence-corrected chi connectivity index (χ4v) is 5.14. The summed E-state index contributed by atoms with van der Waals surface area (Å²) < 4.78 is 0. The molecule has 1 N–H and O–H groups in total. The van der Waals surface area contributed by atoms with E-state index in [4.69, 9.17) is 0 Å². The lowest BCUT2D eigenvalue weighted by atomic mass is 9.77. The molecule has 3 aliphatic heterocycles. The number of aryl methyl sites for hydroxylation is 1. The molecule has 3 heterocycles. The normalized spacial score (nSPS) is 28.3. The van der Waals surface area contributed by atoms with E-state index in [9.17, 15) is 4.79 Å². The Hall–Kier alpha value is -1.35. The maximum absolute atomic E-state index is 13.0. The summed E-state index contributed by atoms with van der Waals surface area (Å²) in [5.74, 6) is 0.632. The van der Waals surface area contributed by atoms with Gasteiger partial charge < -0.3 is 10.2 Å². The average Bonchev–Trinajstić information content (AvgIpc) is 2.65. The van der Waals surface area contributed by atoms with E-state index < -0.39 is 0 Å². The van der Waals surface area contributed by atoms with Crippen molar-refractivity contribution in [2.24, 2.45) is 5.92 Å². The lowest BCUT2D eigenvalue weighted by Crippen LogP contribution is -2.57. The second-order valence-electron chi connectivity index (χ2n) is 8.19. The van der Waals surface area contributed by atoms with Gasteiger partial charge in [-0.1, -0.05) is 44.4 Å². The number of carbonyl (C=O) groups is 1. The Bertz CT molecular complexity index is 626. The van der Waals surface area contributed by atoms with Crippen molar-refractivity contribution in [1.29, 1.82) is 0 Å². The number of nitrogens with one attached hydrogen (secondary N) is 1. The molecule has 2 saturated heterocycles. The number of amides is 1. The van der Waals surface area contributed by atoms with Gasteiger partial charge in [0.25, 0.3) is 0 Å². The van der Waals surface area contributed by atoms with Gasteiger partial charge in [0.2, 0.25) is 5.91 Å². The van der Waals surface area contributed by atoms with Crippen molar-refractivity contribution >= 4 is 5.91 Å². The Kier molecular flexibility index (Phi) is 5.12. The van der Waals surface area contributed by atoms with E-state index in [0.717, 1.165) is 38.8 Å². The van der Waals surface area contributed by atoms with Crippen molar-refractivity contribution in [2.75, 3.05) is 13.1 Å². The van der Waals surface area contributed by atoms with E-state index in [1.807, 2.05) is 0 Å². The zero-order chi connectivity index (χ0) is 17.2. The third kappa shape index (κ3) is 3.36. The van der Waals surface area contributed by atoms with Crippen LogP contribution in [0.3, 0.4) is 0 Å². The highest BCUT2D eigenvalue weighted by Crippen LogP contribution is 2.41. The van der Waals surface area contributed by atoms with Crippen molar-refractivity contribution in [3.63, 3.8) is 0 Å². The van der Waals surface area contributed by atoms with Crippen LogP contribution in [-0.4, -0.2) is 29.9 Å². The number of benzene rings is 1. The maximum atomic E-state index is 13.0. The summed E-state index contributed by atoms with van der Waals surface area (Å²) in [5.41, 5.74) is 4.40. The van der Waals surface area contributed by atoms with Gasteiger partial charge in [0.05, 0.1) is 12.0 Å².